The second-order valence-electron chi connectivity index (χ2n) is 10.6. The topological polar surface area (TPSA) is 81.0 Å². The third-order valence-electron chi connectivity index (χ3n) is 8.33. The van der Waals surface area contributed by atoms with Crippen molar-refractivity contribution < 1.29 is 24.2 Å². The molecular formula is C30H36N2O5. The molecule has 7 nitrogen and oxygen atoms in total. The molecule has 5 rings (SSSR count). The Balaban J connectivity index is 1.59. The van der Waals surface area contributed by atoms with Gasteiger partial charge < -0.3 is 14.6 Å². The predicted octanol–water partition coefficient (Wildman–Crippen LogP) is 6.12. The smallest absolute Gasteiger partial charge is 0.416 e. The lowest BCUT2D eigenvalue weighted by molar-refractivity contribution is 0.0598. The van der Waals surface area contributed by atoms with Crippen molar-refractivity contribution in [3.05, 3.63) is 63.8 Å². The molecule has 1 aliphatic heterocycles. The Kier molecular flexibility index (Phi) is 6.99. The van der Waals surface area contributed by atoms with E-state index in [1.807, 2.05) is 25.1 Å². The molecule has 1 saturated heterocycles. The molecule has 37 heavy (non-hydrogen) atoms. The highest BCUT2D eigenvalue weighted by Gasteiger charge is 2.33. The van der Waals surface area contributed by atoms with Gasteiger partial charge >= 0.3 is 12.1 Å². The molecule has 2 aliphatic rings. The monoisotopic (exact) mass is 504 g/mol. The van der Waals surface area contributed by atoms with Crippen LogP contribution in [-0.2, 0) is 24.1 Å². The summed E-state index contributed by atoms with van der Waals surface area (Å²) in [7, 11) is 3.12. The van der Waals surface area contributed by atoms with E-state index in [2.05, 4.69) is 17.9 Å². The molecule has 0 spiro atoms. The molecule has 3 aromatic rings. The number of carboxylic acid groups (broad SMARTS) is 1. The Morgan fingerprint density at radius 2 is 1.86 bits per heavy atom. The van der Waals surface area contributed by atoms with Crippen LogP contribution >= 0.6 is 0 Å². The first-order valence-corrected chi connectivity index (χ1v) is 13.2. The Bertz CT molecular complexity index is 1360. The van der Waals surface area contributed by atoms with Crippen LogP contribution < -0.4 is 4.74 Å². The van der Waals surface area contributed by atoms with Gasteiger partial charge in [0.15, 0.2) is 0 Å². The van der Waals surface area contributed by atoms with Crippen molar-refractivity contribution in [3.8, 4) is 5.75 Å². The van der Waals surface area contributed by atoms with Gasteiger partial charge in [0.25, 0.3) is 0 Å². The Labute approximate surface area is 218 Å². The molecule has 1 N–H and O–H groups in total. The molecule has 0 amide bonds. The summed E-state index contributed by atoms with van der Waals surface area (Å²) >= 11 is 0. The Hall–Kier alpha value is -3.32. The number of piperidine rings is 1. The number of fused-ring (bicyclic) bond motifs is 2. The van der Waals surface area contributed by atoms with Crippen LogP contribution in [0, 0.1) is 12.8 Å². The van der Waals surface area contributed by atoms with Crippen LogP contribution in [-0.4, -0.2) is 47.4 Å². The van der Waals surface area contributed by atoms with Crippen LogP contribution in [0.1, 0.15) is 76.8 Å². The molecule has 2 heterocycles. The number of carbonyl (C=O) groups is 2. The number of ether oxygens (including phenoxy) is 2. The number of carbonyl (C=O) groups excluding carboxylic acids is 1. The number of hydrogen-bond acceptors (Lipinski definition) is 5. The molecule has 1 aliphatic carbocycles. The number of hydrogen-bond donors (Lipinski definition) is 1. The summed E-state index contributed by atoms with van der Waals surface area (Å²) in [5.41, 5.74) is 7.10. The first-order chi connectivity index (χ1) is 17.8. The highest BCUT2D eigenvalue weighted by atomic mass is 16.5. The van der Waals surface area contributed by atoms with Crippen molar-refractivity contribution in [2.24, 2.45) is 5.92 Å². The van der Waals surface area contributed by atoms with Crippen molar-refractivity contribution in [1.29, 1.82) is 0 Å². The standard InChI is InChI=1S/C30H36N2O5/c1-18-11-13-31(17-25-23-12-14-32(30(34)35)28(23)19(2)16-27(25)36-3)26(15-18)22-9-10-24(29(33)37-4)21-8-6-5-7-20(21)22/h9-10,12,14,16,18,26H,5-8,11,13,15,17H2,1-4H3,(H,34,35)/t18-,26-/m1/s1. The molecule has 1 fully saturated rings. The van der Waals surface area contributed by atoms with Crippen LogP contribution in [0.15, 0.2) is 30.5 Å². The number of esters is 1. The van der Waals surface area contributed by atoms with Gasteiger partial charge in [-0.3, -0.25) is 9.47 Å². The summed E-state index contributed by atoms with van der Waals surface area (Å²) < 4.78 is 12.2. The number of methoxy groups -OCH3 is 2. The fourth-order valence-electron chi connectivity index (χ4n) is 6.48. The number of benzene rings is 2. The van der Waals surface area contributed by atoms with Gasteiger partial charge in [-0.1, -0.05) is 13.0 Å². The van der Waals surface area contributed by atoms with Crippen molar-refractivity contribution in [3.63, 3.8) is 0 Å². The van der Waals surface area contributed by atoms with E-state index in [1.165, 1.54) is 22.8 Å². The van der Waals surface area contributed by atoms with Gasteiger partial charge in [0.05, 0.1) is 25.3 Å². The largest absolute Gasteiger partial charge is 0.496 e. The van der Waals surface area contributed by atoms with Gasteiger partial charge in [-0.25, -0.2) is 9.59 Å². The van der Waals surface area contributed by atoms with Crippen LogP contribution in [0.5, 0.6) is 5.75 Å². The minimum absolute atomic E-state index is 0.213. The van der Waals surface area contributed by atoms with Crippen LogP contribution in [0.2, 0.25) is 0 Å². The zero-order chi connectivity index (χ0) is 26.3. The van der Waals surface area contributed by atoms with E-state index >= 15 is 0 Å². The molecule has 0 bridgehead atoms. The lowest BCUT2D eigenvalue weighted by atomic mass is 9.79. The molecule has 196 valence electrons. The number of aromatic nitrogens is 1. The zero-order valence-corrected chi connectivity index (χ0v) is 22.2. The summed E-state index contributed by atoms with van der Waals surface area (Å²) in [6.07, 6.45) is 6.88. The third-order valence-corrected chi connectivity index (χ3v) is 8.33. The van der Waals surface area contributed by atoms with Crippen molar-refractivity contribution in [2.75, 3.05) is 20.8 Å². The third kappa shape index (κ3) is 4.50. The van der Waals surface area contributed by atoms with Crippen LogP contribution in [0.4, 0.5) is 4.79 Å². The lowest BCUT2D eigenvalue weighted by Gasteiger charge is -2.41. The van der Waals surface area contributed by atoms with E-state index in [1.54, 1.807) is 13.3 Å². The minimum Gasteiger partial charge on any atom is -0.496 e. The first-order valence-electron chi connectivity index (χ1n) is 13.2. The summed E-state index contributed by atoms with van der Waals surface area (Å²) in [6.45, 7) is 5.85. The maximum atomic E-state index is 12.5. The van der Waals surface area contributed by atoms with Gasteiger partial charge in [0, 0.05) is 29.7 Å². The van der Waals surface area contributed by atoms with E-state index in [0.29, 0.717) is 23.5 Å². The Morgan fingerprint density at radius 3 is 2.57 bits per heavy atom. The quantitative estimate of drug-likeness (QED) is 0.422. The SMILES string of the molecule is COC(=O)c1ccc([C@H]2C[C@H](C)CCN2Cc2c(OC)cc(C)c3c2ccn3C(=O)O)c2c1CCCC2. The molecule has 1 aromatic heterocycles. The summed E-state index contributed by atoms with van der Waals surface area (Å²) in [5, 5.41) is 10.7. The molecule has 2 atom stereocenters. The zero-order valence-electron chi connectivity index (χ0n) is 22.2. The van der Waals surface area contributed by atoms with E-state index in [-0.39, 0.29) is 12.0 Å². The van der Waals surface area contributed by atoms with Crippen molar-refractivity contribution >= 4 is 23.0 Å². The molecule has 0 unspecified atom stereocenters. The lowest BCUT2D eigenvalue weighted by Crippen LogP contribution is -2.37. The van der Waals surface area contributed by atoms with E-state index in [4.69, 9.17) is 9.47 Å². The second-order valence-corrected chi connectivity index (χ2v) is 10.6. The minimum atomic E-state index is -0.990. The molecule has 7 heteroatoms. The summed E-state index contributed by atoms with van der Waals surface area (Å²) in [4.78, 5) is 26.9. The highest BCUT2D eigenvalue weighted by molar-refractivity contribution is 5.94. The number of rotatable bonds is 5. The average molecular weight is 505 g/mol. The average Bonchev–Trinajstić information content (AvgIpc) is 3.36. The van der Waals surface area contributed by atoms with Crippen molar-refractivity contribution in [1.82, 2.24) is 9.47 Å². The Morgan fingerprint density at radius 1 is 1.11 bits per heavy atom. The van der Waals surface area contributed by atoms with Crippen LogP contribution in [0.3, 0.4) is 0 Å². The molecule has 2 aromatic carbocycles. The maximum Gasteiger partial charge on any atom is 0.416 e. The normalized spacial score (nSPS) is 20.0. The summed E-state index contributed by atoms with van der Waals surface area (Å²) in [5.74, 6) is 1.12. The molecule has 0 radical (unpaired) electrons. The second kappa shape index (κ2) is 10.2. The van der Waals surface area contributed by atoms with Gasteiger partial charge in [-0.05, 0) is 98.4 Å². The fraction of sp³-hybridized carbons (Fsp3) is 0.467. The predicted molar refractivity (Wildman–Crippen MR) is 143 cm³/mol. The maximum absolute atomic E-state index is 12.5. The first kappa shape index (κ1) is 25.3. The summed E-state index contributed by atoms with van der Waals surface area (Å²) in [6, 6.07) is 8.16. The number of likely N-dealkylation sites (tertiary alicyclic amines) is 1. The van der Waals surface area contributed by atoms with E-state index in [0.717, 1.165) is 72.9 Å². The number of nitrogens with zero attached hydrogens (tertiary/aromatic N) is 2. The highest BCUT2D eigenvalue weighted by Crippen LogP contribution is 2.42. The van der Waals surface area contributed by atoms with E-state index < -0.39 is 6.09 Å². The molecular weight excluding hydrogens is 468 g/mol. The van der Waals surface area contributed by atoms with Gasteiger partial charge in [-0.15, -0.1) is 0 Å². The number of aryl methyl sites for hydroxylation is 1. The van der Waals surface area contributed by atoms with Gasteiger partial charge in [0.2, 0.25) is 0 Å². The van der Waals surface area contributed by atoms with Crippen LogP contribution in [0.25, 0.3) is 10.9 Å². The van der Waals surface area contributed by atoms with Gasteiger partial charge in [-0.2, -0.15) is 0 Å². The van der Waals surface area contributed by atoms with E-state index in [9.17, 15) is 14.7 Å². The fourth-order valence-corrected chi connectivity index (χ4v) is 6.48. The molecule has 0 saturated carbocycles. The van der Waals surface area contributed by atoms with Gasteiger partial charge in [0.1, 0.15) is 5.75 Å². The van der Waals surface area contributed by atoms with Crippen molar-refractivity contribution in [2.45, 2.75) is 65.0 Å².